The van der Waals surface area contributed by atoms with Crippen molar-refractivity contribution in [3.05, 3.63) is 12.1 Å². The molecule has 8 nitrogen and oxygen atoms in total. The summed E-state index contributed by atoms with van der Waals surface area (Å²) in [5, 5.41) is 24.6. The van der Waals surface area contributed by atoms with Gasteiger partial charge in [-0.3, -0.25) is 5.41 Å². The van der Waals surface area contributed by atoms with E-state index in [0.717, 1.165) is 0 Å². The van der Waals surface area contributed by atoms with E-state index in [1.54, 1.807) is 12.1 Å². The Labute approximate surface area is 107 Å². The van der Waals surface area contributed by atoms with Crippen LogP contribution < -0.4 is 15.2 Å². The summed E-state index contributed by atoms with van der Waals surface area (Å²) in [5.74, 6) is 0.598. The summed E-state index contributed by atoms with van der Waals surface area (Å²) < 4.78 is 10.9. The van der Waals surface area contributed by atoms with Crippen LogP contribution in [0.5, 0.6) is 17.4 Å². The van der Waals surface area contributed by atoms with Gasteiger partial charge in [0.2, 0.25) is 11.8 Å². The number of H-pyrrole nitrogens is 1. The van der Waals surface area contributed by atoms with Crippen LogP contribution in [0.3, 0.4) is 0 Å². The Morgan fingerprint density at radius 2 is 2.00 bits per heavy atom. The van der Waals surface area contributed by atoms with E-state index >= 15 is 0 Å². The molecule has 0 atom stereocenters. The zero-order valence-corrected chi connectivity index (χ0v) is 9.80. The van der Waals surface area contributed by atoms with Gasteiger partial charge in [0.05, 0.1) is 5.52 Å². The fourth-order valence-corrected chi connectivity index (χ4v) is 1.91. The van der Waals surface area contributed by atoms with Crippen LogP contribution in [-0.4, -0.2) is 29.3 Å². The maximum Gasteiger partial charge on any atom is 0.232 e. The Morgan fingerprint density at radius 3 is 2.68 bits per heavy atom. The number of rotatable bonds is 1. The van der Waals surface area contributed by atoms with Gasteiger partial charge in [-0.05, 0) is 6.07 Å². The van der Waals surface area contributed by atoms with Crippen LogP contribution in [0.4, 0.5) is 5.69 Å². The minimum atomic E-state index is -0.439. The average molecular weight is 261 g/mol. The Balaban J connectivity index is 2.17. The molecule has 0 unspecified atom stereocenters. The van der Waals surface area contributed by atoms with Crippen molar-refractivity contribution >= 4 is 22.5 Å². The summed E-state index contributed by atoms with van der Waals surface area (Å²) in [5.41, 5.74) is 5.95. The number of aromatic nitrogens is 1. The summed E-state index contributed by atoms with van der Waals surface area (Å²) in [6.45, 7) is 0.960. The number of ether oxygens (including phenoxy) is 2. The van der Waals surface area contributed by atoms with Gasteiger partial charge < -0.3 is 25.3 Å². The zero-order valence-electron chi connectivity index (χ0n) is 9.80. The fraction of sp³-hybridized carbons (Fsp3) is 0.182. The van der Waals surface area contributed by atoms with Crippen molar-refractivity contribution in [2.24, 2.45) is 16.0 Å². The van der Waals surface area contributed by atoms with Crippen LogP contribution in [0.25, 0.3) is 10.9 Å². The molecule has 0 aliphatic carbocycles. The van der Waals surface area contributed by atoms with Gasteiger partial charge in [0.1, 0.15) is 13.2 Å². The number of nitrogens with one attached hydrogen (secondary N) is 2. The minimum Gasteiger partial charge on any atom is -0.493 e. The van der Waals surface area contributed by atoms with Crippen LogP contribution in [0.1, 0.15) is 0 Å². The van der Waals surface area contributed by atoms with Crippen LogP contribution in [-0.2, 0) is 0 Å². The van der Waals surface area contributed by atoms with Gasteiger partial charge in [0.25, 0.3) is 0 Å². The third kappa shape index (κ3) is 1.92. The lowest BCUT2D eigenvalue weighted by molar-refractivity contribution is 0.172. The molecule has 1 aliphatic heterocycles. The van der Waals surface area contributed by atoms with Gasteiger partial charge in [0, 0.05) is 11.5 Å². The smallest absolute Gasteiger partial charge is 0.232 e. The molecular weight excluding hydrogens is 250 g/mol. The molecule has 0 spiro atoms. The number of hydrogen-bond donors (Lipinski definition) is 4. The molecule has 2 heterocycles. The highest BCUT2D eigenvalue weighted by Crippen LogP contribution is 2.42. The Kier molecular flexibility index (Phi) is 2.48. The van der Waals surface area contributed by atoms with E-state index in [2.05, 4.69) is 15.2 Å². The average Bonchev–Trinajstić information content (AvgIpc) is 2.68. The molecule has 3 rings (SSSR count). The number of azo groups is 1. The van der Waals surface area contributed by atoms with E-state index in [1.165, 1.54) is 0 Å². The number of guanidine groups is 1. The predicted octanol–water partition coefficient (Wildman–Crippen LogP) is 1.62. The molecule has 19 heavy (non-hydrogen) atoms. The molecule has 0 amide bonds. The van der Waals surface area contributed by atoms with Gasteiger partial charge in [0.15, 0.2) is 17.2 Å². The lowest BCUT2D eigenvalue weighted by Gasteiger charge is -2.17. The van der Waals surface area contributed by atoms with Crippen molar-refractivity contribution in [3.63, 3.8) is 0 Å². The van der Waals surface area contributed by atoms with Crippen molar-refractivity contribution in [3.8, 4) is 17.4 Å². The van der Waals surface area contributed by atoms with E-state index < -0.39 is 5.96 Å². The molecule has 0 bridgehead atoms. The molecule has 2 aromatic rings. The highest BCUT2D eigenvalue weighted by molar-refractivity contribution is 5.96. The summed E-state index contributed by atoms with van der Waals surface area (Å²) in [4.78, 5) is 2.76. The summed E-state index contributed by atoms with van der Waals surface area (Å²) in [6, 6.07) is 3.42. The summed E-state index contributed by atoms with van der Waals surface area (Å²) in [6.07, 6.45) is 0. The third-order valence-electron chi connectivity index (χ3n) is 2.67. The summed E-state index contributed by atoms with van der Waals surface area (Å²) in [7, 11) is 0. The van der Waals surface area contributed by atoms with Crippen molar-refractivity contribution in [1.29, 1.82) is 5.41 Å². The van der Waals surface area contributed by atoms with Gasteiger partial charge >= 0.3 is 0 Å². The lowest BCUT2D eigenvalue weighted by Crippen LogP contribution is -2.15. The quantitative estimate of drug-likeness (QED) is 0.353. The first-order valence-corrected chi connectivity index (χ1v) is 5.55. The first kappa shape index (κ1) is 11.3. The summed E-state index contributed by atoms with van der Waals surface area (Å²) >= 11 is 0. The predicted molar refractivity (Wildman–Crippen MR) is 67.4 cm³/mol. The van der Waals surface area contributed by atoms with Crippen molar-refractivity contribution in [2.45, 2.75) is 0 Å². The maximum atomic E-state index is 9.79. The largest absolute Gasteiger partial charge is 0.493 e. The number of fused-ring (bicyclic) bond motifs is 2. The number of benzene rings is 1. The van der Waals surface area contributed by atoms with Crippen LogP contribution in [0.15, 0.2) is 22.4 Å². The van der Waals surface area contributed by atoms with E-state index in [-0.39, 0.29) is 11.6 Å². The van der Waals surface area contributed by atoms with Gasteiger partial charge in [-0.25, -0.2) is 0 Å². The zero-order chi connectivity index (χ0) is 13.4. The molecule has 1 aromatic carbocycles. The van der Waals surface area contributed by atoms with E-state index in [4.69, 9.17) is 20.6 Å². The van der Waals surface area contributed by atoms with Gasteiger partial charge in [-0.15, -0.1) is 10.2 Å². The SMILES string of the molecule is N=C(N)N=Nc1c(O)[nH]c2cc3c(cc12)OCCO3. The van der Waals surface area contributed by atoms with Crippen LogP contribution in [0.2, 0.25) is 0 Å². The molecule has 98 valence electrons. The second-order valence-electron chi connectivity index (χ2n) is 3.95. The van der Waals surface area contributed by atoms with Crippen molar-refractivity contribution < 1.29 is 14.6 Å². The van der Waals surface area contributed by atoms with Gasteiger partial charge in [-0.1, -0.05) is 0 Å². The number of nitrogens with two attached hydrogens (primary N) is 1. The van der Waals surface area contributed by atoms with E-state index in [1.807, 2.05) is 0 Å². The Bertz CT molecular complexity index is 691. The fourth-order valence-electron chi connectivity index (χ4n) is 1.91. The first-order valence-electron chi connectivity index (χ1n) is 5.55. The van der Waals surface area contributed by atoms with Gasteiger partial charge in [-0.2, -0.15) is 0 Å². The monoisotopic (exact) mass is 261 g/mol. The second-order valence-corrected chi connectivity index (χ2v) is 3.95. The van der Waals surface area contributed by atoms with Crippen LogP contribution in [0, 0.1) is 5.41 Å². The first-order chi connectivity index (χ1) is 9.15. The number of aromatic amines is 1. The molecule has 0 saturated carbocycles. The molecule has 0 radical (unpaired) electrons. The lowest BCUT2D eigenvalue weighted by atomic mass is 10.2. The number of hydrogen-bond acceptors (Lipinski definition) is 5. The molecule has 8 heteroatoms. The van der Waals surface area contributed by atoms with Crippen molar-refractivity contribution in [1.82, 2.24) is 4.98 Å². The normalized spacial score (nSPS) is 14.1. The number of nitrogens with zero attached hydrogens (tertiary/aromatic N) is 2. The highest BCUT2D eigenvalue weighted by Gasteiger charge is 2.18. The maximum absolute atomic E-state index is 9.79. The highest BCUT2D eigenvalue weighted by atomic mass is 16.6. The molecule has 1 aliphatic rings. The topological polar surface area (TPSA) is 129 Å². The minimum absolute atomic E-state index is 0.151. The third-order valence-corrected chi connectivity index (χ3v) is 2.67. The Hall–Kier alpha value is -2.77. The molecule has 0 fully saturated rings. The van der Waals surface area contributed by atoms with Crippen LogP contribution >= 0.6 is 0 Å². The standard InChI is InChI=1S/C11H11N5O3/c12-11(13)16-15-9-5-3-7-8(19-2-1-18-7)4-6(5)14-10(9)17/h3-4,14,17H,1-2H2,(H3,12,13). The number of aromatic hydroxyl groups is 1. The van der Waals surface area contributed by atoms with E-state index in [0.29, 0.717) is 35.6 Å². The Morgan fingerprint density at radius 1 is 1.32 bits per heavy atom. The van der Waals surface area contributed by atoms with Crippen molar-refractivity contribution in [2.75, 3.05) is 13.2 Å². The molecule has 0 saturated heterocycles. The molecular formula is C11H11N5O3. The molecule has 1 aromatic heterocycles. The second kappa shape index (κ2) is 4.16. The van der Waals surface area contributed by atoms with E-state index in [9.17, 15) is 5.11 Å². The molecule has 5 N–H and O–H groups in total.